The Labute approximate surface area is 108 Å². The number of anilines is 1. The number of benzene rings is 1. The van der Waals surface area contributed by atoms with Gasteiger partial charge >= 0.3 is 6.18 Å². The van der Waals surface area contributed by atoms with E-state index in [0.29, 0.717) is 23.4 Å². The molecular weight excluding hydrogens is 257 g/mol. The molecule has 1 heterocycles. The van der Waals surface area contributed by atoms with Gasteiger partial charge in [0, 0.05) is 17.6 Å². The quantitative estimate of drug-likeness (QED) is 0.923. The first-order valence-electron chi connectivity index (χ1n) is 5.75. The van der Waals surface area contributed by atoms with Crippen molar-refractivity contribution in [2.24, 2.45) is 0 Å². The van der Waals surface area contributed by atoms with E-state index < -0.39 is 11.9 Å². The number of hydrogen-bond donors (Lipinski definition) is 1. The van der Waals surface area contributed by atoms with E-state index >= 15 is 0 Å². The van der Waals surface area contributed by atoms with Gasteiger partial charge in [-0.1, -0.05) is 0 Å². The predicted molar refractivity (Wildman–Crippen MR) is 67.5 cm³/mol. The van der Waals surface area contributed by atoms with Crippen LogP contribution >= 0.6 is 0 Å². The lowest BCUT2D eigenvalue weighted by Gasteiger charge is -2.13. The highest BCUT2D eigenvalue weighted by molar-refractivity contribution is 5.92. The molecule has 0 saturated heterocycles. The first-order valence-corrected chi connectivity index (χ1v) is 5.75. The number of hydrogen-bond acceptors (Lipinski definition) is 3. The van der Waals surface area contributed by atoms with E-state index in [-0.39, 0.29) is 5.52 Å². The predicted octanol–water partition coefficient (Wildman–Crippen LogP) is 3.69. The fourth-order valence-corrected chi connectivity index (χ4v) is 1.81. The van der Waals surface area contributed by atoms with Crippen molar-refractivity contribution in [2.75, 3.05) is 19.0 Å². The molecule has 0 fully saturated rings. The van der Waals surface area contributed by atoms with Crippen LogP contribution in [-0.2, 0) is 6.18 Å². The Morgan fingerprint density at radius 1 is 1.26 bits per heavy atom. The maximum Gasteiger partial charge on any atom is 0.433 e. The first-order chi connectivity index (χ1) is 8.95. The van der Waals surface area contributed by atoms with Crippen LogP contribution in [0.2, 0.25) is 0 Å². The molecule has 0 amide bonds. The Morgan fingerprint density at radius 2 is 2.00 bits per heavy atom. The van der Waals surface area contributed by atoms with Crippen LogP contribution in [0.3, 0.4) is 0 Å². The van der Waals surface area contributed by atoms with Crippen molar-refractivity contribution >= 4 is 16.6 Å². The zero-order chi connectivity index (χ0) is 14.0. The molecule has 102 valence electrons. The number of aromatic nitrogens is 1. The van der Waals surface area contributed by atoms with Crippen LogP contribution in [0, 0.1) is 0 Å². The van der Waals surface area contributed by atoms with E-state index in [2.05, 4.69) is 10.3 Å². The molecule has 0 unspecified atom stereocenters. The molecule has 0 spiro atoms. The summed E-state index contributed by atoms with van der Waals surface area (Å²) in [6, 6.07) is 5.79. The van der Waals surface area contributed by atoms with Crippen molar-refractivity contribution in [3.8, 4) is 5.75 Å². The lowest BCUT2D eigenvalue weighted by molar-refractivity contribution is -0.140. The molecule has 1 aromatic carbocycles. The Balaban J connectivity index is 2.68. The first kappa shape index (κ1) is 13.5. The Hall–Kier alpha value is -1.98. The molecule has 2 aromatic rings. The lowest BCUT2D eigenvalue weighted by Crippen LogP contribution is -2.10. The number of alkyl halides is 3. The maximum atomic E-state index is 12.8. The number of ether oxygens (including phenoxy) is 1. The van der Waals surface area contributed by atoms with E-state index in [1.807, 2.05) is 6.92 Å². The van der Waals surface area contributed by atoms with Crippen LogP contribution in [0.5, 0.6) is 5.75 Å². The van der Waals surface area contributed by atoms with Crippen LogP contribution < -0.4 is 10.1 Å². The molecule has 0 radical (unpaired) electrons. The minimum Gasteiger partial charge on any atom is -0.497 e. The average molecular weight is 270 g/mol. The molecule has 3 nitrogen and oxygen atoms in total. The fraction of sp³-hybridized carbons (Fsp3) is 0.308. The molecule has 2 rings (SSSR count). The van der Waals surface area contributed by atoms with Crippen molar-refractivity contribution in [3.05, 3.63) is 30.0 Å². The molecule has 0 atom stereocenters. The van der Waals surface area contributed by atoms with E-state index in [1.54, 1.807) is 12.1 Å². The molecule has 0 aliphatic carbocycles. The number of nitrogens with one attached hydrogen (secondary N) is 1. The smallest absolute Gasteiger partial charge is 0.433 e. The molecule has 19 heavy (non-hydrogen) atoms. The summed E-state index contributed by atoms with van der Waals surface area (Å²) in [6.07, 6.45) is -4.46. The summed E-state index contributed by atoms with van der Waals surface area (Å²) in [5.74, 6) is 0.577. The van der Waals surface area contributed by atoms with Gasteiger partial charge in [0.2, 0.25) is 0 Å². The average Bonchev–Trinajstić information content (AvgIpc) is 2.37. The highest BCUT2D eigenvalue weighted by Crippen LogP contribution is 2.34. The Bertz CT molecular complexity index is 596. The second kappa shape index (κ2) is 4.95. The SMILES string of the molecule is CCNc1cc(C(F)(F)F)nc2ccc(OC)cc12. The highest BCUT2D eigenvalue weighted by Gasteiger charge is 2.33. The maximum absolute atomic E-state index is 12.8. The monoisotopic (exact) mass is 270 g/mol. The van der Waals surface area contributed by atoms with Gasteiger partial charge in [-0.15, -0.1) is 0 Å². The van der Waals surface area contributed by atoms with E-state index in [0.717, 1.165) is 6.07 Å². The van der Waals surface area contributed by atoms with Crippen LogP contribution in [0.4, 0.5) is 18.9 Å². The van der Waals surface area contributed by atoms with Gasteiger partial charge in [0.05, 0.1) is 12.6 Å². The van der Waals surface area contributed by atoms with Gasteiger partial charge < -0.3 is 10.1 Å². The van der Waals surface area contributed by atoms with Gasteiger partial charge in [0.1, 0.15) is 11.4 Å². The molecule has 1 N–H and O–H groups in total. The van der Waals surface area contributed by atoms with Gasteiger partial charge in [-0.25, -0.2) is 4.98 Å². The largest absolute Gasteiger partial charge is 0.497 e. The van der Waals surface area contributed by atoms with Gasteiger partial charge in [0.25, 0.3) is 0 Å². The van der Waals surface area contributed by atoms with Crippen LogP contribution in [-0.4, -0.2) is 18.6 Å². The van der Waals surface area contributed by atoms with Crippen molar-refractivity contribution in [3.63, 3.8) is 0 Å². The summed E-state index contributed by atoms with van der Waals surface area (Å²) in [5.41, 5.74) is -0.216. The van der Waals surface area contributed by atoms with Crippen LogP contribution in [0.1, 0.15) is 12.6 Å². The molecule has 6 heteroatoms. The zero-order valence-electron chi connectivity index (χ0n) is 10.5. The lowest BCUT2D eigenvalue weighted by atomic mass is 10.1. The van der Waals surface area contributed by atoms with Crippen molar-refractivity contribution in [2.45, 2.75) is 13.1 Å². The van der Waals surface area contributed by atoms with Crippen LogP contribution in [0.15, 0.2) is 24.3 Å². The third-order valence-corrected chi connectivity index (χ3v) is 2.67. The summed E-state index contributed by atoms with van der Waals surface area (Å²) in [6.45, 7) is 2.34. The molecule has 0 bridgehead atoms. The summed E-state index contributed by atoms with van der Waals surface area (Å²) in [5, 5.41) is 3.52. The van der Waals surface area contributed by atoms with Crippen molar-refractivity contribution < 1.29 is 17.9 Å². The topological polar surface area (TPSA) is 34.2 Å². The summed E-state index contributed by atoms with van der Waals surface area (Å²) in [7, 11) is 1.51. The number of methoxy groups -OCH3 is 1. The summed E-state index contributed by atoms with van der Waals surface area (Å²) >= 11 is 0. The standard InChI is InChI=1S/C13H13F3N2O/c1-3-17-11-7-12(13(14,15)16)18-10-5-4-8(19-2)6-9(10)11/h4-7H,3H2,1-2H3,(H,17,18). The van der Waals surface area contributed by atoms with Crippen molar-refractivity contribution in [1.29, 1.82) is 0 Å². The number of halogens is 3. The minimum absolute atomic E-state index is 0.284. The number of pyridine rings is 1. The molecule has 0 aliphatic rings. The normalized spacial score (nSPS) is 11.6. The van der Waals surface area contributed by atoms with Gasteiger partial charge in [0.15, 0.2) is 0 Å². The summed E-state index contributed by atoms with van der Waals surface area (Å²) in [4.78, 5) is 3.64. The third-order valence-electron chi connectivity index (χ3n) is 2.67. The third kappa shape index (κ3) is 2.72. The Kier molecular flexibility index (Phi) is 3.50. The molecular formula is C13H13F3N2O. The van der Waals surface area contributed by atoms with Gasteiger partial charge in [-0.05, 0) is 31.2 Å². The molecule has 1 aromatic heterocycles. The Morgan fingerprint density at radius 3 is 2.58 bits per heavy atom. The fourth-order valence-electron chi connectivity index (χ4n) is 1.81. The van der Waals surface area contributed by atoms with Gasteiger partial charge in [-0.3, -0.25) is 0 Å². The van der Waals surface area contributed by atoms with E-state index in [4.69, 9.17) is 4.74 Å². The minimum atomic E-state index is -4.46. The molecule has 0 aliphatic heterocycles. The number of rotatable bonds is 3. The molecule has 0 saturated carbocycles. The van der Waals surface area contributed by atoms with Gasteiger partial charge in [-0.2, -0.15) is 13.2 Å². The second-order valence-electron chi connectivity index (χ2n) is 3.97. The number of nitrogens with zero attached hydrogens (tertiary/aromatic N) is 1. The highest BCUT2D eigenvalue weighted by atomic mass is 19.4. The number of fused-ring (bicyclic) bond motifs is 1. The zero-order valence-corrected chi connectivity index (χ0v) is 10.5. The van der Waals surface area contributed by atoms with E-state index in [1.165, 1.54) is 13.2 Å². The second-order valence-corrected chi connectivity index (χ2v) is 3.97. The van der Waals surface area contributed by atoms with Crippen molar-refractivity contribution in [1.82, 2.24) is 4.98 Å². The van der Waals surface area contributed by atoms with E-state index in [9.17, 15) is 13.2 Å². The van der Waals surface area contributed by atoms with Crippen LogP contribution in [0.25, 0.3) is 10.9 Å². The summed E-state index contributed by atoms with van der Waals surface area (Å²) < 4.78 is 43.4.